The molecule has 80 valence electrons. The molecular formula is C10H22O2S. The van der Waals surface area contributed by atoms with Crippen molar-refractivity contribution in [3.05, 3.63) is 0 Å². The molecule has 0 aromatic heterocycles. The van der Waals surface area contributed by atoms with E-state index in [0.717, 1.165) is 12.8 Å². The quantitative estimate of drug-likeness (QED) is 0.488. The molecule has 13 heavy (non-hydrogen) atoms. The molecule has 2 nitrogen and oxygen atoms in total. The van der Waals surface area contributed by atoms with Crippen LogP contribution in [-0.4, -0.2) is 14.0 Å². The first kappa shape index (κ1) is 13.1. The van der Waals surface area contributed by atoms with Gasteiger partial charge in [0.15, 0.2) is 11.1 Å². The predicted molar refractivity (Wildman–Crippen MR) is 58.2 cm³/mol. The van der Waals surface area contributed by atoms with E-state index in [2.05, 4.69) is 6.92 Å². The summed E-state index contributed by atoms with van der Waals surface area (Å²) in [5.41, 5.74) is 0. The smallest absolute Gasteiger partial charge is 0.155 e. The van der Waals surface area contributed by atoms with Gasteiger partial charge in [0.2, 0.25) is 0 Å². The van der Waals surface area contributed by atoms with Crippen molar-refractivity contribution in [2.75, 3.05) is 0 Å². The summed E-state index contributed by atoms with van der Waals surface area (Å²) < 4.78 is 19.3. The molecule has 0 saturated heterocycles. The molecule has 0 spiro atoms. The van der Waals surface area contributed by atoms with Crippen LogP contribution in [0.2, 0.25) is 0 Å². The van der Waals surface area contributed by atoms with Gasteiger partial charge in [0, 0.05) is 0 Å². The van der Waals surface area contributed by atoms with Gasteiger partial charge in [0.25, 0.3) is 0 Å². The molecule has 0 aromatic carbocycles. The van der Waals surface area contributed by atoms with Gasteiger partial charge in [0.1, 0.15) is 0 Å². The molecule has 0 saturated carbocycles. The molecule has 0 rings (SSSR count). The van der Waals surface area contributed by atoms with Crippen LogP contribution in [0, 0.1) is 0 Å². The third-order valence-corrected chi connectivity index (χ3v) is 3.23. The van der Waals surface area contributed by atoms with E-state index in [1.54, 1.807) is 0 Å². The summed E-state index contributed by atoms with van der Waals surface area (Å²) in [5.74, 6) is 0. The molecular weight excluding hydrogens is 184 g/mol. The second kappa shape index (κ2) is 8.70. The summed E-state index contributed by atoms with van der Waals surface area (Å²) in [6.45, 7) is 4.04. The molecule has 0 aromatic rings. The third kappa shape index (κ3) is 8.44. The maximum atomic E-state index is 10.6. The number of hydrogen-bond acceptors (Lipinski definition) is 1. The zero-order valence-electron chi connectivity index (χ0n) is 8.79. The summed E-state index contributed by atoms with van der Waals surface area (Å²) >= 11 is -1.62. The number of hydrogen-bond donors (Lipinski definition) is 1. The van der Waals surface area contributed by atoms with Gasteiger partial charge in [-0.2, -0.15) is 0 Å². The molecule has 0 aliphatic rings. The van der Waals surface area contributed by atoms with Crippen molar-refractivity contribution in [2.24, 2.45) is 0 Å². The standard InChI is InChI=1S/C10H22O2S/c1-3-4-5-6-7-8-9-10(2)13(11)12/h10H,3-9H2,1-2H3,(H,11,12). The predicted octanol–water partition coefficient (Wildman–Crippen LogP) is 3.35. The Balaban J connectivity index is 3.11. The first-order chi connectivity index (χ1) is 6.18. The van der Waals surface area contributed by atoms with Gasteiger partial charge in [-0.15, -0.1) is 0 Å². The molecule has 0 bridgehead atoms. The summed E-state index contributed by atoms with van der Waals surface area (Å²) in [6, 6.07) is 0. The minimum atomic E-state index is -1.62. The normalized spacial score (nSPS) is 15.6. The SMILES string of the molecule is CCCCCCCCC(C)S(=O)O. The Bertz CT molecular complexity index is 137. The highest BCUT2D eigenvalue weighted by atomic mass is 32.2. The minimum Gasteiger partial charge on any atom is -0.306 e. The Hall–Kier alpha value is 0.110. The molecule has 0 heterocycles. The largest absolute Gasteiger partial charge is 0.306 e. The van der Waals surface area contributed by atoms with E-state index in [4.69, 9.17) is 4.55 Å². The van der Waals surface area contributed by atoms with E-state index in [-0.39, 0.29) is 5.25 Å². The van der Waals surface area contributed by atoms with Crippen molar-refractivity contribution in [1.29, 1.82) is 0 Å². The van der Waals surface area contributed by atoms with Crippen LogP contribution in [0.4, 0.5) is 0 Å². The van der Waals surface area contributed by atoms with Gasteiger partial charge in [-0.05, 0) is 13.3 Å². The van der Waals surface area contributed by atoms with Crippen LogP contribution >= 0.6 is 0 Å². The van der Waals surface area contributed by atoms with Crippen LogP contribution in [0.3, 0.4) is 0 Å². The Morgan fingerprint density at radius 1 is 1.15 bits per heavy atom. The Morgan fingerprint density at radius 3 is 2.23 bits per heavy atom. The highest BCUT2D eigenvalue weighted by Crippen LogP contribution is 2.10. The summed E-state index contributed by atoms with van der Waals surface area (Å²) in [7, 11) is 0. The van der Waals surface area contributed by atoms with Crippen molar-refractivity contribution in [3.63, 3.8) is 0 Å². The lowest BCUT2D eigenvalue weighted by Gasteiger charge is -2.05. The topological polar surface area (TPSA) is 37.3 Å². The summed E-state index contributed by atoms with van der Waals surface area (Å²) in [6.07, 6.45) is 8.37. The number of unbranched alkanes of at least 4 members (excludes halogenated alkanes) is 5. The van der Waals surface area contributed by atoms with Gasteiger partial charge >= 0.3 is 0 Å². The van der Waals surface area contributed by atoms with Crippen LogP contribution < -0.4 is 0 Å². The van der Waals surface area contributed by atoms with Gasteiger partial charge in [-0.1, -0.05) is 45.4 Å². The van der Waals surface area contributed by atoms with Crippen molar-refractivity contribution in [2.45, 2.75) is 64.0 Å². The van der Waals surface area contributed by atoms with E-state index in [9.17, 15) is 4.21 Å². The fourth-order valence-corrected chi connectivity index (χ4v) is 1.68. The Morgan fingerprint density at radius 2 is 1.69 bits per heavy atom. The molecule has 1 N–H and O–H groups in total. The molecule has 0 radical (unpaired) electrons. The van der Waals surface area contributed by atoms with E-state index in [0.29, 0.717) is 0 Å². The molecule has 3 heteroatoms. The van der Waals surface area contributed by atoms with Crippen LogP contribution in [-0.2, 0) is 11.1 Å². The van der Waals surface area contributed by atoms with Crippen molar-refractivity contribution in [1.82, 2.24) is 0 Å². The van der Waals surface area contributed by atoms with Gasteiger partial charge < -0.3 is 4.55 Å². The first-order valence-electron chi connectivity index (χ1n) is 5.28. The van der Waals surface area contributed by atoms with Crippen molar-refractivity contribution < 1.29 is 8.76 Å². The summed E-state index contributed by atoms with van der Waals surface area (Å²) in [5, 5.41) is -0.0498. The zero-order chi connectivity index (χ0) is 10.1. The van der Waals surface area contributed by atoms with E-state index in [1.807, 2.05) is 6.92 Å². The lowest BCUT2D eigenvalue weighted by atomic mass is 10.1. The lowest BCUT2D eigenvalue weighted by Crippen LogP contribution is -2.08. The van der Waals surface area contributed by atoms with Gasteiger partial charge in [-0.25, -0.2) is 4.21 Å². The molecule has 0 amide bonds. The third-order valence-electron chi connectivity index (χ3n) is 2.31. The molecule has 0 aliphatic heterocycles. The van der Waals surface area contributed by atoms with Gasteiger partial charge in [0.05, 0.1) is 5.25 Å². The van der Waals surface area contributed by atoms with Crippen LogP contribution in [0.25, 0.3) is 0 Å². The van der Waals surface area contributed by atoms with Crippen molar-refractivity contribution in [3.8, 4) is 0 Å². The van der Waals surface area contributed by atoms with Crippen LogP contribution in [0.5, 0.6) is 0 Å². The Labute approximate surface area is 84.4 Å². The molecule has 2 unspecified atom stereocenters. The molecule has 0 fully saturated rings. The fraction of sp³-hybridized carbons (Fsp3) is 1.00. The monoisotopic (exact) mass is 206 g/mol. The van der Waals surface area contributed by atoms with Crippen molar-refractivity contribution >= 4 is 11.1 Å². The second-order valence-corrected chi connectivity index (χ2v) is 5.00. The highest BCUT2D eigenvalue weighted by molar-refractivity contribution is 7.79. The average molecular weight is 206 g/mol. The highest BCUT2D eigenvalue weighted by Gasteiger charge is 2.06. The van der Waals surface area contributed by atoms with Gasteiger partial charge in [-0.3, -0.25) is 0 Å². The minimum absolute atomic E-state index is 0.0498. The maximum absolute atomic E-state index is 10.6. The van der Waals surface area contributed by atoms with E-state index in [1.165, 1.54) is 32.1 Å². The second-order valence-electron chi connectivity index (χ2n) is 3.64. The van der Waals surface area contributed by atoms with E-state index < -0.39 is 11.1 Å². The van der Waals surface area contributed by atoms with E-state index >= 15 is 0 Å². The zero-order valence-corrected chi connectivity index (χ0v) is 9.61. The Kier molecular flexibility index (Phi) is 8.77. The van der Waals surface area contributed by atoms with Crippen LogP contribution in [0.15, 0.2) is 0 Å². The number of rotatable bonds is 8. The average Bonchev–Trinajstić information content (AvgIpc) is 2.10. The van der Waals surface area contributed by atoms with Crippen LogP contribution in [0.1, 0.15) is 58.8 Å². The summed E-state index contributed by atoms with van der Waals surface area (Å²) in [4.78, 5) is 0. The lowest BCUT2D eigenvalue weighted by molar-refractivity contribution is 0.532. The fourth-order valence-electron chi connectivity index (χ4n) is 1.31. The molecule has 0 aliphatic carbocycles. The first-order valence-corrected chi connectivity index (χ1v) is 6.45. The molecule has 2 atom stereocenters. The maximum Gasteiger partial charge on any atom is 0.155 e.